The summed E-state index contributed by atoms with van der Waals surface area (Å²) < 4.78 is 0. The van der Waals surface area contributed by atoms with Crippen molar-refractivity contribution in [2.24, 2.45) is 11.7 Å². The zero-order valence-electron chi connectivity index (χ0n) is 12.2. The van der Waals surface area contributed by atoms with Crippen molar-refractivity contribution in [3.05, 3.63) is 35.9 Å². The van der Waals surface area contributed by atoms with E-state index in [1.54, 1.807) is 0 Å². The molecule has 4 saturated heterocycles. The molecule has 3 N–H and O–H groups in total. The van der Waals surface area contributed by atoms with Crippen molar-refractivity contribution < 1.29 is 0 Å². The van der Waals surface area contributed by atoms with E-state index in [9.17, 15) is 0 Å². The summed E-state index contributed by atoms with van der Waals surface area (Å²) in [5, 5.41) is 3.88. The van der Waals surface area contributed by atoms with Gasteiger partial charge in [-0.3, -0.25) is 0 Å². The summed E-state index contributed by atoms with van der Waals surface area (Å²) in [6, 6.07) is 11.3. The van der Waals surface area contributed by atoms with Gasteiger partial charge in [0.2, 0.25) is 0 Å². The Balaban J connectivity index is 1.81. The highest BCUT2D eigenvalue weighted by atomic mass is 32.1. The zero-order chi connectivity index (χ0) is 14.4. The Morgan fingerprint density at radius 3 is 2.33 bits per heavy atom. The van der Waals surface area contributed by atoms with Gasteiger partial charge >= 0.3 is 0 Å². The quantitative estimate of drug-likeness (QED) is 0.774. The van der Waals surface area contributed by atoms with E-state index in [-0.39, 0.29) is 5.41 Å². The van der Waals surface area contributed by atoms with Crippen LogP contribution in [0.4, 0.5) is 0 Å². The lowest BCUT2D eigenvalue weighted by atomic mass is 9.64. The number of nitrogens with two attached hydrogens (primary N) is 1. The van der Waals surface area contributed by atoms with Crippen molar-refractivity contribution in [3.63, 3.8) is 0 Å². The molecule has 4 aliphatic heterocycles. The Kier molecular flexibility index (Phi) is 3.17. The normalized spacial score (nSPS) is 40.8. The van der Waals surface area contributed by atoms with Crippen LogP contribution in [0.3, 0.4) is 0 Å². The topological polar surface area (TPSA) is 44.5 Å². The largest absolute Gasteiger partial charge is 0.376 e. The number of benzene rings is 1. The Hall–Kier alpha value is -1.17. The van der Waals surface area contributed by atoms with Gasteiger partial charge in [0.05, 0.1) is 0 Å². The molecule has 0 amide bonds. The van der Waals surface area contributed by atoms with Crippen molar-refractivity contribution in [2.75, 3.05) is 39.3 Å². The third-order valence-corrected chi connectivity index (χ3v) is 5.56. The van der Waals surface area contributed by atoms with Gasteiger partial charge in [-0.15, -0.1) is 0 Å². The van der Waals surface area contributed by atoms with Gasteiger partial charge in [0, 0.05) is 56.6 Å². The first-order valence-electron chi connectivity index (χ1n) is 7.74. The Morgan fingerprint density at radius 2 is 1.76 bits per heavy atom. The summed E-state index contributed by atoms with van der Waals surface area (Å²) >= 11 is 5.17. The Bertz CT molecular complexity index is 530. The van der Waals surface area contributed by atoms with E-state index < -0.39 is 0 Å². The first-order chi connectivity index (χ1) is 10.2. The van der Waals surface area contributed by atoms with Gasteiger partial charge < -0.3 is 20.9 Å². The van der Waals surface area contributed by atoms with Crippen molar-refractivity contribution >= 4 is 17.3 Å². The van der Waals surface area contributed by atoms with E-state index in [4.69, 9.17) is 18.0 Å². The molecule has 4 bridgehead atoms. The van der Waals surface area contributed by atoms with E-state index in [1.165, 1.54) is 18.7 Å². The average Bonchev–Trinajstić information content (AvgIpc) is 2.72. The first kappa shape index (κ1) is 13.5. The monoisotopic (exact) mass is 302 g/mol. The molecule has 21 heavy (non-hydrogen) atoms. The molecular weight excluding hydrogens is 280 g/mol. The summed E-state index contributed by atoms with van der Waals surface area (Å²) in [6.45, 7) is 6.89. The van der Waals surface area contributed by atoms with Crippen molar-refractivity contribution in [3.8, 4) is 0 Å². The molecule has 0 spiro atoms. The van der Waals surface area contributed by atoms with E-state index in [2.05, 4.69) is 45.4 Å². The minimum absolute atomic E-state index is 0.0996. The van der Waals surface area contributed by atoms with E-state index in [0.717, 1.165) is 26.2 Å². The highest BCUT2D eigenvalue weighted by molar-refractivity contribution is 7.80. The lowest BCUT2D eigenvalue weighted by Gasteiger charge is -2.56. The summed E-state index contributed by atoms with van der Waals surface area (Å²) in [6.07, 6.45) is 0. The highest BCUT2D eigenvalue weighted by Crippen LogP contribution is 2.43. The van der Waals surface area contributed by atoms with Crippen LogP contribution in [0.5, 0.6) is 0 Å². The Labute approximate surface area is 131 Å². The van der Waals surface area contributed by atoms with Gasteiger partial charge in [0.1, 0.15) is 0 Å². The molecule has 1 aromatic rings. The number of piperidine rings is 2. The standard InChI is InChI=1S/C16H22N4S/c17-15(21)18-14-12-8-19-6-7-20(9-12)11-16(14,10-19)13-4-2-1-3-5-13/h1-5,12,14H,6-11H2,(H3,17,18,21)/t12?,14-,16?/m1/s1. The van der Waals surface area contributed by atoms with Crippen molar-refractivity contribution in [1.29, 1.82) is 0 Å². The van der Waals surface area contributed by atoms with Crippen molar-refractivity contribution in [2.45, 2.75) is 11.5 Å². The number of hydrogen-bond acceptors (Lipinski definition) is 3. The van der Waals surface area contributed by atoms with Crippen LogP contribution < -0.4 is 11.1 Å². The van der Waals surface area contributed by atoms with Gasteiger partial charge in [0.25, 0.3) is 0 Å². The maximum absolute atomic E-state index is 5.84. The fraction of sp³-hybridized carbons (Fsp3) is 0.562. The number of nitrogens with zero attached hydrogens (tertiary/aromatic N) is 2. The van der Waals surface area contributed by atoms with Crippen LogP contribution in [0.25, 0.3) is 0 Å². The predicted molar refractivity (Wildman–Crippen MR) is 88.2 cm³/mol. The van der Waals surface area contributed by atoms with Crippen LogP contribution in [0.2, 0.25) is 0 Å². The molecule has 0 saturated carbocycles. The minimum Gasteiger partial charge on any atom is -0.376 e. The summed E-state index contributed by atoms with van der Waals surface area (Å²) in [7, 11) is 0. The number of fused-ring (bicyclic) bond motifs is 1. The number of rotatable bonds is 2. The second-order valence-corrected chi connectivity index (χ2v) is 7.18. The van der Waals surface area contributed by atoms with Gasteiger partial charge in [-0.05, 0) is 17.8 Å². The smallest absolute Gasteiger partial charge is 0.163 e. The van der Waals surface area contributed by atoms with Crippen molar-refractivity contribution in [1.82, 2.24) is 15.1 Å². The second-order valence-electron chi connectivity index (χ2n) is 6.74. The number of nitrogens with one attached hydrogen (secondary N) is 1. The third kappa shape index (κ3) is 2.15. The summed E-state index contributed by atoms with van der Waals surface area (Å²) in [5.74, 6) is 0.594. The Morgan fingerprint density at radius 1 is 1.14 bits per heavy atom. The minimum atomic E-state index is 0.0996. The maximum Gasteiger partial charge on any atom is 0.163 e. The molecule has 112 valence electrons. The summed E-state index contributed by atoms with van der Waals surface area (Å²) in [4.78, 5) is 5.25. The molecule has 0 aliphatic carbocycles. The fourth-order valence-electron chi connectivity index (χ4n) is 4.72. The molecule has 5 rings (SSSR count). The van der Waals surface area contributed by atoms with Crippen LogP contribution in [-0.4, -0.2) is 60.2 Å². The van der Waals surface area contributed by atoms with E-state index >= 15 is 0 Å². The first-order valence-corrected chi connectivity index (χ1v) is 8.14. The molecule has 3 atom stereocenters. The van der Waals surface area contributed by atoms with Crippen LogP contribution in [0, 0.1) is 5.92 Å². The third-order valence-electron chi connectivity index (χ3n) is 5.44. The molecule has 2 unspecified atom stereocenters. The molecule has 4 fully saturated rings. The van der Waals surface area contributed by atoms with Gasteiger partial charge in [0.15, 0.2) is 5.11 Å². The van der Waals surface area contributed by atoms with Crippen LogP contribution in [0.1, 0.15) is 5.56 Å². The highest BCUT2D eigenvalue weighted by Gasteiger charge is 2.55. The van der Waals surface area contributed by atoms with Gasteiger partial charge in [-0.25, -0.2) is 0 Å². The molecule has 4 nitrogen and oxygen atoms in total. The van der Waals surface area contributed by atoms with E-state index in [0.29, 0.717) is 17.1 Å². The molecular formula is C16H22N4S. The zero-order valence-corrected chi connectivity index (χ0v) is 13.0. The summed E-state index contributed by atoms with van der Waals surface area (Å²) in [5.41, 5.74) is 7.36. The molecule has 5 heteroatoms. The lowest BCUT2D eigenvalue weighted by molar-refractivity contribution is 0.0267. The van der Waals surface area contributed by atoms with Crippen LogP contribution in [0.15, 0.2) is 30.3 Å². The van der Waals surface area contributed by atoms with Crippen LogP contribution in [-0.2, 0) is 5.41 Å². The molecule has 1 aromatic carbocycles. The molecule has 0 radical (unpaired) electrons. The molecule has 4 heterocycles. The number of hydrogen-bond donors (Lipinski definition) is 2. The fourth-order valence-corrected chi connectivity index (χ4v) is 4.85. The predicted octanol–water partition coefficient (Wildman–Crippen LogP) is 0.387. The van der Waals surface area contributed by atoms with Gasteiger partial charge in [-0.2, -0.15) is 0 Å². The van der Waals surface area contributed by atoms with Crippen LogP contribution >= 0.6 is 12.2 Å². The number of thiocarbonyl (C=S) groups is 1. The average molecular weight is 302 g/mol. The maximum atomic E-state index is 5.84. The SMILES string of the molecule is NC(=S)N[C@@H]1C2CN3CCN(C2)CC1(c1ccccc1)C3. The molecule has 0 aromatic heterocycles. The van der Waals surface area contributed by atoms with E-state index in [1.807, 2.05) is 0 Å². The lowest BCUT2D eigenvalue weighted by Crippen LogP contribution is -2.71. The van der Waals surface area contributed by atoms with Gasteiger partial charge in [-0.1, -0.05) is 30.3 Å². The second kappa shape index (κ2) is 4.93. The molecule has 4 aliphatic rings.